The van der Waals surface area contributed by atoms with Gasteiger partial charge in [-0.2, -0.15) is 13.2 Å². The molecule has 2 N–H and O–H groups in total. The molecule has 4 rings (SSSR count). The first-order valence-electron chi connectivity index (χ1n) is 9.40. The highest BCUT2D eigenvalue weighted by molar-refractivity contribution is 7.14. The predicted octanol–water partition coefficient (Wildman–Crippen LogP) is 4.90. The Bertz CT molecular complexity index is 1000. The van der Waals surface area contributed by atoms with Crippen LogP contribution in [0.1, 0.15) is 17.4 Å². The maximum absolute atomic E-state index is 12.9. The van der Waals surface area contributed by atoms with Gasteiger partial charge in [-0.15, -0.1) is 11.3 Å². The molecule has 1 aliphatic rings. The number of halogens is 3. The Morgan fingerprint density at radius 3 is 2.63 bits per heavy atom. The minimum absolute atomic E-state index is 0.321. The van der Waals surface area contributed by atoms with Crippen molar-refractivity contribution in [3.05, 3.63) is 65.0 Å². The van der Waals surface area contributed by atoms with Crippen molar-refractivity contribution >= 4 is 22.2 Å². The van der Waals surface area contributed by atoms with Crippen LogP contribution in [0.4, 0.5) is 24.0 Å². The van der Waals surface area contributed by atoms with E-state index in [1.54, 1.807) is 6.07 Å². The van der Waals surface area contributed by atoms with Crippen LogP contribution in [-0.2, 0) is 10.9 Å². The smallest absolute Gasteiger partial charge is 0.379 e. The summed E-state index contributed by atoms with van der Waals surface area (Å²) in [6.07, 6.45) is -5.12. The van der Waals surface area contributed by atoms with Crippen LogP contribution in [0.3, 0.4) is 0 Å². The van der Waals surface area contributed by atoms with E-state index in [1.165, 1.54) is 17.4 Å². The van der Waals surface area contributed by atoms with E-state index in [0.29, 0.717) is 42.8 Å². The lowest BCUT2D eigenvalue weighted by Gasteiger charge is -2.31. The number of hydrogen-bond acceptors (Lipinski definition) is 6. The zero-order valence-electron chi connectivity index (χ0n) is 15.9. The summed E-state index contributed by atoms with van der Waals surface area (Å²) >= 11 is 1.30. The van der Waals surface area contributed by atoms with Crippen LogP contribution < -0.4 is 5.32 Å². The summed E-state index contributed by atoms with van der Waals surface area (Å²) in [4.78, 5) is 6.44. The van der Waals surface area contributed by atoms with Gasteiger partial charge < -0.3 is 15.2 Å². The van der Waals surface area contributed by atoms with Gasteiger partial charge in [0.2, 0.25) is 0 Å². The lowest BCUT2D eigenvalue weighted by Crippen LogP contribution is -2.39. The molecular weight excluding hydrogens is 415 g/mol. The van der Waals surface area contributed by atoms with Crippen LogP contribution in [0.2, 0.25) is 0 Å². The summed E-state index contributed by atoms with van der Waals surface area (Å²) in [6.45, 7) is 2.50. The molecule has 1 fully saturated rings. The molecule has 1 saturated heterocycles. The van der Waals surface area contributed by atoms with Crippen LogP contribution in [0.5, 0.6) is 0 Å². The van der Waals surface area contributed by atoms with Crippen molar-refractivity contribution in [3.8, 4) is 11.3 Å². The van der Waals surface area contributed by atoms with Crippen LogP contribution in [0, 0.1) is 0 Å². The number of anilines is 2. The number of aliphatic hydroxyl groups excluding tert-OH is 1. The number of nitrogens with zero attached hydrogens (tertiary/aromatic N) is 2. The molecule has 0 bridgehead atoms. The molecule has 3 aromatic rings. The number of hydrogen-bond donors (Lipinski definition) is 2. The second-order valence-electron chi connectivity index (χ2n) is 6.89. The fourth-order valence-corrected chi connectivity index (χ4v) is 3.99. The van der Waals surface area contributed by atoms with Gasteiger partial charge in [-0.25, -0.2) is 4.98 Å². The van der Waals surface area contributed by atoms with Crippen LogP contribution >= 0.6 is 11.3 Å². The molecule has 1 aromatic heterocycles. The van der Waals surface area contributed by atoms with Crippen LogP contribution in [-0.4, -0.2) is 41.3 Å². The number of benzene rings is 2. The average molecular weight is 435 g/mol. The van der Waals surface area contributed by atoms with Gasteiger partial charge in [0.05, 0.1) is 24.5 Å². The van der Waals surface area contributed by atoms with E-state index in [9.17, 15) is 18.3 Å². The van der Waals surface area contributed by atoms with Gasteiger partial charge in [0.1, 0.15) is 6.23 Å². The van der Waals surface area contributed by atoms with Gasteiger partial charge in [-0.1, -0.05) is 24.3 Å². The van der Waals surface area contributed by atoms with Gasteiger partial charge in [-0.3, -0.25) is 4.90 Å². The average Bonchev–Trinajstić information content (AvgIpc) is 3.22. The molecule has 2 heterocycles. The zero-order chi connectivity index (χ0) is 21.1. The minimum Gasteiger partial charge on any atom is -0.379 e. The molecule has 0 radical (unpaired) electrons. The normalized spacial score (nSPS) is 16.4. The Hall–Kier alpha value is -2.46. The number of aliphatic hydroxyl groups is 1. The fourth-order valence-electron chi connectivity index (χ4n) is 3.25. The summed E-state index contributed by atoms with van der Waals surface area (Å²) in [5.74, 6) is 0. The highest BCUT2D eigenvalue weighted by atomic mass is 32.1. The van der Waals surface area contributed by atoms with Gasteiger partial charge in [0.25, 0.3) is 0 Å². The Morgan fingerprint density at radius 1 is 1.10 bits per heavy atom. The molecule has 0 spiro atoms. The number of ether oxygens (including phenoxy) is 1. The third-order valence-corrected chi connectivity index (χ3v) is 5.58. The number of thiazole rings is 1. The number of nitrogens with one attached hydrogen (secondary N) is 1. The molecule has 30 heavy (non-hydrogen) atoms. The SMILES string of the molecule is OC(c1cccc(-c2csc(Nc3cccc(C(F)(F)F)c3)n2)c1)N1CCOCC1. The Morgan fingerprint density at radius 2 is 1.87 bits per heavy atom. The molecule has 5 nitrogen and oxygen atoms in total. The lowest BCUT2D eigenvalue weighted by atomic mass is 10.1. The Kier molecular flexibility index (Phi) is 6.05. The van der Waals surface area contributed by atoms with Crippen LogP contribution in [0.15, 0.2) is 53.9 Å². The molecule has 2 aromatic carbocycles. The van der Waals surface area contributed by atoms with E-state index in [-0.39, 0.29) is 0 Å². The summed E-state index contributed by atoms with van der Waals surface area (Å²) < 4.78 is 44.0. The quantitative estimate of drug-likeness (QED) is 0.597. The lowest BCUT2D eigenvalue weighted by molar-refractivity contribution is -0.137. The van der Waals surface area contributed by atoms with Crippen molar-refractivity contribution in [1.29, 1.82) is 0 Å². The highest BCUT2D eigenvalue weighted by Gasteiger charge is 2.30. The summed E-state index contributed by atoms with van der Waals surface area (Å²) in [6, 6.07) is 12.5. The maximum atomic E-state index is 12.9. The third kappa shape index (κ3) is 4.81. The third-order valence-electron chi connectivity index (χ3n) is 4.82. The van der Waals surface area contributed by atoms with Gasteiger partial charge in [0, 0.05) is 29.7 Å². The van der Waals surface area contributed by atoms with E-state index in [1.807, 2.05) is 34.5 Å². The highest BCUT2D eigenvalue weighted by Crippen LogP contribution is 2.33. The van der Waals surface area contributed by atoms with Crippen molar-refractivity contribution in [2.45, 2.75) is 12.4 Å². The molecule has 0 aliphatic carbocycles. The first-order chi connectivity index (χ1) is 14.4. The molecule has 1 atom stereocenters. The summed E-state index contributed by atoms with van der Waals surface area (Å²) in [5.41, 5.74) is 1.88. The standard InChI is InChI=1S/C21H20F3N3O2S/c22-21(23,24)16-5-2-6-17(12-16)25-20-26-18(13-30-20)14-3-1-4-15(11-14)19(28)27-7-9-29-10-8-27/h1-6,11-13,19,28H,7-10H2,(H,25,26). The summed E-state index contributed by atoms with van der Waals surface area (Å²) in [5, 5.41) is 15.9. The molecular formula is C21H20F3N3O2S. The number of aromatic nitrogens is 1. The molecule has 158 valence electrons. The number of rotatable bonds is 5. The minimum atomic E-state index is -4.40. The second kappa shape index (κ2) is 8.73. The van der Waals surface area contributed by atoms with Crippen molar-refractivity contribution < 1.29 is 23.0 Å². The summed E-state index contributed by atoms with van der Waals surface area (Å²) in [7, 11) is 0. The van der Waals surface area contributed by atoms with Gasteiger partial charge in [-0.05, 0) is 29.8 Å². The van der Waals surface area contributed by atoms with Crippen molar-refractivity contribution in [2.75, 3.05) is 31.6 Å². The van der Waals surface area contributed by atoms with E-state index < -0.39 is 18.0 Å². The second-order valence-corrected chi connectivity index (χ2v) is 7.75. The molecule has 0 saturated carbocycles. The van der Waals surface area contributed by atoms with E-state index in [2.05, 4.69) is 10.3 Å². The zero-order valence-corrected chi connectivity index (χ0v) is 16.7. The fraction of sp³-hybridized carbons (Fsp3) is 0.286. The molecule has 1 aliphatic heterocycles. The van der Waals surface area contributed by atoms with Crippen LogP contribution in [0.25, 0.3) is 11.3 Å². The Balaban J connectivity index is 1.50. The topological polar surface area (TPSA) is 57.6 Å². The predicted molar refractivity (Wildman–Crippen MR) is 110 cm³/mol. The van der Waals surface area contributed by atoms with Crippen molar-refractivity contribution in [3.63, 3.8) is 0 Å². The first kappa shape index (κ1) is 20.8. The monoisotopic (exact) mass is 435 g/mol. The van der Waals surface area contributed by atoms with Gasteiger partial charge in [0.15, 0.2) is 5.13 Å². The number of morpholine rings is 1. The number of alkyl halides is 3. The maximum Gasteiger partial charge on any atom is 0.416 e. The first-order valence-corrected chi connectivity index (χ1v) is 10.3. The Labute approximate surface area is 175 Å². The van der Waals surface area contributed by atoms with E-state index >= 15 is 0 Å². The van der Waals surface area contributed by atoms with E-state index in [4.69, 9.17) is 4.74 Å². The largest absolute Gasteiger partial charge is 0.416 e. The van der Waals surface area contributed by atoms with Crippen molar-refractivity contribution in [2.24, 2.45) is 0 Å². The van der Waals surface area contributed by atoms with Gasteiger partial charge >= 0.3 is 6.18 Å². The molecule has 0 amide bonds. The molecule has 1 unspecified atom stereocenters. The van der Waals surface area contributed by atoms with Crippen molar-refractivity contribution in [1.82, 2.24) is 9.88 Å². The molecule has 9 heteroatoms. The van der Waals surface area contributed by atoms with E-state index in [0.717, 1.165) is 23.3 Å².